The number of benzene rings is 3. The third-order valence-corrected chi connectivity index (χ3v) is 8.70. The number of hydrogen-bond acceptors (Lipinski definition) is 3. The van der Waals surface area contributed by atoms with Gasteiger partial charge in [-0.2, -0.15) is 0 Å². The zero-order valence-electron chi connectivity index (χ0n) is 21.7. The number of sulfonamides is 1. The summed E-state index contributed by atoms with van der Waals surface area (Å²) >= 11 is 0. The molecule has 1 aliphatic carbocycles. The van der Waals surface area contributed by atoms with Gasteiger partial charge in [-0.25, -0.2) is 8.42 Å². The van der Waals surface area contributed by atoms with E-state index in [0.29, 0.717) is 5.69 Å². The number of amides is 1. The maximum atomic E-state index is 13.7. The lowest BCUT2D eigenvalue weighted by molar-refractivity contribution is -0.120. The molecule has 0 unspecified atom stereocenters. The molecule has 36 heavy (non-hydrogen) atoms. The van der Waals surface area contributed by atoms with Gasteiger partial charge < -0.3 is 5.32 Å². The molecule has 4 rings (SSSR count). The van der Waals surface area contributed by atoms with Crippen LogP contribution in [0.15, 0.2) is 65.6 Å². The molecular weight excluding hydrogens is 468 g/mol. The van der Waals surface area contributed by atoms with Gasteiger partial charge in [-0.05, 0) is 105 Å². The second-order valence-electron chi connectivity index (χ2n) is 9.93. The third kappa shape index (κ3) is 5.81. The number of carbonyl (C=O) groups excluding carboxylic acids is 1. The summed E-state index contributed by atoms with van der Waals surface area (Å²) in [7, 11) is -3.95. The molecule has 0 bridgehead atoms. The first-order valence-corrected chi connectivity index (χ1v) is 14.2. The normalized spacial score (nSPS) is 14.1. The Kier molecular flexibility index (Phi) is 7.84. The summed E-state index contributed by atoms with van der Waals surface area (Å²) in [6.07, 6.45) is 5.33. The van der Waals surface area contributed by atoms with E-state index in [1.165, 1.54) is 28.3 Å². The van der Waals surface area contributed by atoms with Crippen molar-refractivity contribution in [3.63, 3.8) is 0 Å². The summed E-state index contributed by atoms with van der Waals surface area (Å²) in [5.74, 6) is -0.325. The number of nitrogens with zero attached hydrogens (tertiary/aromatic N) is 1. The summed E-state index contributed by atoms with van der Waals surface area (Å²) < 4.78 is 28.7. The largest absolute Gasteiger partial charge is 0.348 e. The maximum Gasteiger partial charge on any atom is 0.264 e. The van der Waals surface area contributed by atoms with Crippen molar-refractivity contribution in [1.82, 2.24) is 5.32 Å². The van der Waals surface area contributed by atoms with E-state index in [4.69, 9.17) is 0 Å². The lowest BCUT2D eigenvalue weighted by Gasteiger charge is -2.27. The Morgan fingerprint density at radius 3 is 2.14 bits per heavy atom. The van der Waals surface area contributed by atoms with E-state index in [1.54, 1.807) is 24.3 Å². The summed E-state index contributed by atoms with van der Waals surface area (Å²) in [5, 5.41) is 3.11. The van der Waals surface area contributed by atoms with Gasteiger partial charge in [0.2, 0.25) is 5.91 Å². The van der Waals surface area contributed by atoms with E-state index in [-0.39, 0.29) is 23.4 Å². The molecule has 0 fully saturated rings. The Morgan fingerprint density at radius 2 is 1.50 bits per heavy atom. The monoisotopic (exact) mass is 504 g/mol. The van der Waals surface area contributed by atoms with Crippen LogP contribution < -0.4 is 9.62 Å². The van der Waals surface area contributed by atoms with Crippen LogP contribution in [0.3, 0.4) is 0 Å². The number of rotatable bonds is 8. The van der Waals surface area contributed by atoms with Gasteiger partial charge in [-0.1, -0.05) is 48.9 Å². The topological polar surface area (TPSA) is 66.5 Å². The molecule has 6 heteroatoms. The fraction of sp³-hybridized carbons (Fsp3) is 0.367. The Bertz CT molecular complexity index is 1330. The fourth-order valence-corrected chi connectivity index (χ4v) is 6.41. The van der Waals surface area contributed by atoms with E-state index in [2.05, 4.69) is 23.5 Å². The molecule has 1 atom stereocenters. The average molecular weight is 505 g/mol. The van der Waals surface area contributed by atoms with Crippen molar-refractivity contribution >= 4 is 21.6 Å². The van der Waals surface area contributed by atoms with Crippen LogP contribution in [0.4, 0.5) is 5.69 Å². The van der Waals surface area contributed by atoms with E-state index in [0.717, 1.165) is 41.5 Å². The smallest absolute Gasteiger partial charge is 0.264 e. The maximum absolute atomic E-state index is 13.7. The highest BCUT2D eigenvalue weighted by Gasteiger charge is 2.28. The first kappa shape index (κ1) is 26.0. The van der Waals surface area contributed by atoms with Crippen LogP contribution in [0.5, 0.6) is 0 Å². The van der Waals surface area contributed by atoms with Crippen LogP contribution in [0.2, 0.25) is 0 Å². The van der Waals surface area contributed by atoms with Crippen molar-refractivity contribution in [2.24, 2.45) is 0 Å². The molecule has 0 radical (unpaired) electrons. The molecule has 1 N–H and O–H groups in total. The zero-order chi connectivity index (χ0) is 25.9. The van der Waals surface area contributed by atoms with Crippen molar-refractivity contribution in [2.75, 3.05) is 10.8 Å². The molecule has 0 aromatic heterocycles. The fourth-order valence-electron chi connectivity index (χ4n) is 5.01. The lowest BCUT2D eigenvalue weighted by Crippen LogP contribution is -2.42. The summed E-state index contributed by atoms with van der Waals surface area (Å²) in [4.78, 5) is 13.5. The van der Waals surface area contributed by atoms with Crippen molar-refractivity contribution in [2.45, 2.75) is 70.7 Å². The Labute approximate surface area is 215 Å². The molecule has 0 spiro atoms. The summed E-state index contributed by atoms with van der Waals surface area (Å²) in [6.45, 7) is 7.51. The molecule has 0 saturated carbocycles. The molecular formula is C30H36N2O3S. The second kappa shape index (κ2) is 10.9. The van der Waals surface area contributed by atoms with Gasteiger partial charge in [0.1, 0.15) is 6.54 Å². The van der Waals surface area contributed by atoms with Gasteiger partial charge in [0.15, 0.2) is 0 Å². The van der Waals surface area contributed by atoms with E-state index >= 15 is 0 Å². The second-order valence-corrected chi connectivity index (χ2v) is 11.8. The van der Waals surface area contributed by atoms with Crippen molar-refractivity contribution in [3.05, 3.63) is 94.0 Å². The van der Waals surface area contributed by atoms with Crippen LogP contribution in [0.25, 0.3) is 0 Å². The lowest BCUT2D eigenvalue weighted by atomic mass is 9.89. The predicted molar refractivity (Wildman–Crippen MR) is 146 cm³/mol. The highest BCUT2D eigenvalue weighted by atomic mass is 32.2. The van der Waals surface area contributed by atoms with Gasteiger partial charge in [-0.3, -0.25) is 9.10 Å². The predicted octanol–water partition coefficient (Wildman–Crippen LogP) is 5.95. The minimum Gasteiger partial charge on any atom is -0.348 e. The van der Waals surface area contributed by atoms with Crippen LogP contribution in [0, 0.1) is 20.8 Å². The molecule has 0 aliphatic heterocycles. The SMILES string of the molecule is CC[C@@H](NC(=O)CN(c1cc(C)cc(C)c1)S(=O)(=O)c1ccc(C)cc1)c1ccc2c(c1)CCCC2. The van der Waals surface area contributed by atoms with Gasteiger partial charge >= 0.3 is 0 Å². The molecule has 5 nitrogen and oxygen atoms in total. The molecule has 3 aromatic carbocycles. The Morgan fingerprint density at radius 1 is 0.861 bits per heavy atom. The number of fused-ring (bicyclic) bond motifs is 1. The van der Waals surface area contributed by atoms with E-state index in [9.17, 15) is 13.2 Å². The number of anilines is 1. The van der Waals surface area contributed by atoms with Crippen LogP contribution in [0.1, 0.15) is 65.6 Å². The minimum absolute atomic E-state index is 0.168. The molecule has 3 aromatic rings. The molecule has 0 heterocycles. The van der Waals surface area contributed by atoms with Gasteiger partial charge in [0.25, 0.3) is 10.0 Å². The first-order valence-electron chi connectivity index (χ1n) is 12.8. The van der Waals surface area contributed by atoms with Crippen molar-refractivity contribution < 1.29 is 13.2 Å². The Balaban J connectivity index is 1.62. The standard InChI is InChI=1S/C30H36N2O3S/c1-5-29(26-13-12-24-8-6-7-9-25(24)19-26)31-30(33)20-32(27-17-22(3)16-23(4)18-27)36(34,35)28-14-10-21(2)11-15-28/h10-19,29H,5-9,20H2,1-4H3,(H,31,33)/t29-/m1/s1. The van der Waals surface area contributed by atoms with Crippen molar-refractivity contribution in [3.8, 4) is 0 Å². The quantitative estimate of drug-likeness (QED) is 0.412. The third-order valence-electron chi connectivity index (χ3n) is 6.91. The van der Waals surface area contributed by atoms with E-state index < -0.39 is 10.0 Å². The van der Waals surface area contributed by atoms with Crippen LogP contribution in [-0.2, 0) is 27.7 Å². The highest BCUT2D eigenvalue weighted by molar-refractivity contribution is 7.92. The summed E-state index contributed by atoms with van der Waals surface area (Å²) in [5.41, 5.74) is 7.18. The molecule has 1 amide bonds. The molecule has 0 saturated heterocycles. The van der Waals surface area contributed by atoms with Gasteiger partial charge in [0.05, 0.1) is 16.6 Å². The van der Waals surface area contributed by atoms with Crippen LogP contribution in [-0.4, -0.2) is 20.9 Å². The van der Waals surface area contributed by atoms with E-state index in [1.807, 2.05) is 45.9 Å². The molecule has 190 valence electrons. The van der Waals surface area contributed by atoms with Crippen molar-refractivity contribution in [1.29, 1.82) is 0 Å². The zero-order valence-corrected chi connectivity index (χ0v) is 22.5. The summed E-state index contributed by atoms with van der Waals surface area (Å²) in [6, 6.07) is 18.7. The Hall–Kier alpha value is -3.12. The average Bonchev–Trinajstić information content (AvgIpc) is 2.85. The van der Waals surface area contributed by atoms with Gasteiger partial charge in [0, 0.05) is 0 Å². The number of aryl methyl sites for hydroxylation is 5. The highest BCUT2D eigenvalue weighted by Crippen LogP contribution is 2.28. The molecule has 1 aliphatic rings. The van der Waals surface area contributed by atoms with Crippen LogP contribution >= 0.6 is 0 Å². The minimum atomic E-state index is -3.95. The number of hydrogen-bond donors (Lipinski definition) is 1. The number of carbonyl (C=O) groups is 1. The first-order chi connectivity index (χ1) is 17.2. The van der Waals surface area contributed by atoms with Gasteiger partial charge in [-0.15, -0.1) is 0 Å². The number of nitrogens with one attached hydrogen (secondary N) is 1.